The number of imidazole rings is 1. The summed E-state index contributed by atoms with van der Waals surface area (Å²) >= 11 is 9.13. The molecule has 0 spiro atoms. The van der Waals surface area contributed by atoms with E-state index in [2.05, 4.69) is 31.2 Å². The van der Waals surface area contributed by atoms with Gasteiger partial charge in [-0.1, -0.05) is 11.6 Å². The molecule has 0 aromatic carbocycles. The zero-order chi connectivity index (χ0) is 18.4. The number of hydrogen-bond acceptors (Lipinski definition) is 3. The van der Waals surface area contributed by atoms with Crippen LogP contribution in [0.25, 0.3) is 5.65 Å². The van der Waals surface area contributed by atoms with Gasteiger partial charge in [0.25, 0.3) is 5.91 Å². The zero-order valence-corrected chi connectivity index (χ0v) is 14.9. The van der Waals surface area contributed by atoms with Crippen molar-refractivity contribution in [3.63, 3.8) is 0 Å². The topological polar surface area (TPSA) is 59.3 Å². The second-order valence-electron chi connectivity index (χ2n) is 5.13. The number of rotatable bonds is 2. The van der Waals surface area contributed by atoms with Gasteiger partial charge in [-0.15, -0.1) is 0 Å². The highest BCUT2D eigenvalue weighted by atomic mass is 79.9. The molecule has 0 aliphatic rings. The summed E-state index contributed by atoms with van der Waals surface area (Å²) in [4.78, 5) is 20.4. The van der Waals surface area contributed by atoms with Crippen LogP contribution in [0.2, 0.25) is 5.02 Å². The van der Waals surface area contributed by atoms with Crippen molar-refractivity contribution in [2.45, 2.75) is 13.1 Å². The monoisotopic (exact) mass is 432 g/mol. The SMILES string of the molecule is Cc1nc2ccc(Br)cn2c1C(=O)Nc1ncc(C(F)(F)F)cc1Cl. The van der Waals surface area contributed by atoms with Gasteiger partial charge in [0.2, 0.25) is 0 Å². The fourth-order valence-electron chi connectivity index (χ4n) is 2.26. The molecule has 0 fully saturated rings. The number of alkyl halides is 3. The van der Waals surface area contributed by atoms with Crippen molar-refractivity contribution >= 4 is 44.9 Å². The smallest absolute Gasteiger partial charge is 0.304 e. The Morgan fingerprint density at radius 1 is 1.36 bits per heavy atom. The molecule has 1 amide bonds. The standard InChI is InChI=1S/C15H9BrClF3N4O/c1-7-12(24-6-9(16)2-3-11(24)22-7)14(25)23-13-10(17)4-8(5-21-13)15(18,19)20/h2-6H,1H3,(H,21,23,25). The number of hydrogen-bond donors (Lipinski definition) is 1. The third-order valence-corrected chi connectivity index (χ3v) is 4.13. The molecule has 3 aromatic rings. The molecule has 25 heavy (non-hydrogen) atoms. The lowest BCUT2D eigenvalue weighted by Crippen LogP contribution is -2.17. The summed E-state index contributed by atoms with van der Waals surface area (Å²) in [7, 11) is 0. The highest BCUT2D eigenvalue weighted by Gasteiger charge is 2.32. The Kier molecular flexibility index (Phi) is 4.46. The normalized spacial score (nSPS) is 11.8. The first-order valence-corrected chi connectivity index (χ1v) is 8.02. The molecule has 1 N–H and O–H groups in total. The molecule has 0 saturated heterocycles. The largest absolute Gasteiger partial charge is 0.417 e. The molecular formula is C15H9BrClF3N4O. The number of fused-ring (bicyclic) bond motifs is 1. The van der Waals surface area contributed by atoms with Gasteiger partial charge in [0, 0.05) is 16.9 Å². The van der Waals surface area contributed by atoms with E-state index in [-0.39, 0.29) is 16.5 Å². The molecular weight excluding hydrogens is 425 g/mol. The number of nitrogens with one attached hydrogen (secondary N) is 1. The van der Waals surface area contributed by atoms with Gasteiger partial charge in [-0.3, -0.25) is 9.20 Å². The van der Waals surface area contributed by atoms with Crippen LogP contribution in [0.5, 0.6) is 0 Å². The maximum Gasteiger partial charge on any atom is 0.417 e. The average Bonchev–Trinajstić information content (AvgIpc) is 2.83. The molecule has 0 atom stereocenters. The number of anilines is 1. The molecule has 0 saturated carbocycles. The minimum atomic E-state index is -4.57. The molecule has 0 aliphatic carbocycles. The van der Waals surface area contributed by atoms with E-state index in [1.54, 1.807) is 29.7 Å². The molecule has 3 rings (SSSR count). The van der Waals surface area contributed by atoms with Crippen molar-refractivity contribution in [2.24, 2.45) is 0 Å². The summed E-state index contributed by atoms with van der Waals surface area (Å²) < 4.78 is 40.2. The van der Waals surface area contributed by atoms with Gasteiger partial charge < -0.3 is 5.32 Å². The predicted octanol–water partition coefficient (Wildman–Crippen LogP) is 4.72. The van der Waals surface area contributed by atoms with Crippen molar-refractivity contribution in [3.05, 3.63) is 57.0 Å². The summed E-state index contributed by atoms with van der Waals surface area (Å²) in [6.45, 7) is 1.65. The van der Waals surface area contributed by atoms with Crippen molar-refractivity contribution in [3.8, 4) is 0 Å². The van der Waals surface area contributed by atoms with Crippen LogP contribution in [0.1, 0.15) is 21.7 Å². The summed E-state index contributed by atoms with van der Waals surface area (Å²) in [5.74, 6) is -0.749. The van der Waals surface area contributed by atoms with Gasteiger partial charge in [-0.2, -0.15) is 13.2 Å². The highest BCUT2D eigenvalue weighted by Crippen LogP contribution is 2.32. The predicted molar refractivity (Wildman–Crippen MR) is 89.8 cm³/mol. The van der Waals surface area contributed by atoms with E-state index in [1.165, 1.54) is 0 Å². The van der Waals surface area contributed by atoms with Crippen LogP contribution in [0, 0.1) is 6.92 Å². The van der Waals surface area contributed by atoms with Crippen LogP contribution in [0.3, 0.4) is 0 Å². The van der Waals surface area contributed by atoms with Crippen LogP contribution in [0.4, 0.5) is 19.0 Å². The van der Waals surface area contributed by atoms with Crippen molar-refractivity contribution in [1.82, 2.24) is 14.4 Å². The first-order valence-electron chi connectivity index (χ1n) is 6.85. The van der Waals surface area contributed by atoms with Gasteiger partial charge in [0.05, 0.1) is 16.3 Å². The Hall–Kier alpha value is -2.13. The average molecular weight is 434 g/mol. The van der Waals surface area contributed by atoms with Crippen molar-refractivity contribution in [1.29, 1.82) is 0 Å². The van der Waals surface area contributed by atoms with Crippen LogP contribution in [-0.4, -0.2) is 20.3 Å². The first-order chi connectivity index (χ1) is 11.7. The van der Waals surface area contributed by atoms with Gasteiger partial charge >= 0.3 is 6.18 Å². The molecule has 3 heterocycles. The first kappa shape index (κ1) is 17.7. The number of carbonyl (C=O) groups is 1. The minimum absolute atomic E-state index is 0.163. The number of aryl methyl sites for hydroxylation is 1. The zero-order valence-electron chi connectivity index (χ0n) is 12.5. The lowest BCUT2D eigenvalue weighted by Gasteiger charge is -2.10. The number of aromatic nitrogens is 3. The summed E-state index contributed by atoms with van der Waals surface area (Å²) in [6.07, 6.45) is -2.30. The molecule has 0 aliphatic heterocycles. The van der Waals surface area contributed by atoms with Crippen LogP contribution >= 0.6 is 27.5 Å². The van der Waals surface area contributed by atoms with Gasteiger partial charge in [-0.05, 0) is 41.1 Å². The third-order valence-electron chi connectivity index (χ3n) is 3.37. The number of carbonyl (C=O) groups excluding carboxylic acids is 1. The number of amides is 1. The highest BCUT2D eigenvalue weighted by molar-refractivity contribution is 9.10. The molecule has 130 valence electrons. The second-order valence-corrected chi connectivity index (χ2v) is 6.45. The maximum atomic E-state index is 12.6. The molecule has 0 bridgehead atoms. The van der Waals surface area contributed by atoms with E-state index in [9.17, 15) is 18.0 Å². The summed E-state index contributed by atoms with van der Waals surface area (Å²) in [6, 6.07) is 4.21. The summed E-state index contributed by atoms with van der Waals surface area (Å²) in [5, 5.41) is 2.11. The lowest BCUT2D eigenvalue weighted by atomic mass is 10.2. The van der Waals surface area contributed by atoms with Crippen molar-refractivity contribution in [2.75, 3.05) is 5.32 Å². The molecule has 0 radical (unpaired) electrons. The summed E-state index contributed by atoms with van der Waals surface area (Å²) in [5.41, 5.74) is 0.246. The number of halogens is 5. The van der Waals surface area contributed by atoms with Gasteiger partial charge in [0.15, 0.2) is 5.82 Å². The number of pyridine rings is 2. The quantitative estimate of drug-likeness (QED) is 0.636. The maximum absolute atomic E-state index is 12.6. The Bertz CT molecular complexity index is 987. The van der Waals surface area contributed by atoms with Crippen LogP contribution < -0.4 is 5.32 Å². The fourth-order valence-corrected chi connectivity index (χ4v) is 2.81. The molecule has 5 nitrogen and oxygen atoms in total. The van der Waals surface area contributed by atoms with E-state index >= 15 is 0 Å². The van der Waals surface area contributed by atoms with Gasteiger partial charge in [-0.25, -0.2) is 9.97 Å². The molecule has 10 heteroatoms. The van der Waals surface area contributed by atoms with Crippen LogP contribution in [-0.2, 0) is 6.18 Å². The number of nitrogens with zero attached hydrogens (tertiary/aromatic N) is 3. The third kappa shape index (κ3) is 3.47. The van der Waals surface area contributed by atoms with Crippen LogP contribution in [0.15, 0.2) is 35.1 Å². The van der Waals surface area contributed by atoms with Gasteiger partial charge in [0.1, 0.15) is 11.3 Å². The fraction of sp³-hybridized carbons (Fsp3) is 0.133. The second kappa shape index (κ2) is 6.30. The van der Waals surface area contributed by atoms with E-state index in [0.29, 0.717) is 23.6 Å². The molecule has 3 aromatic heterocycles. The Morgan fingerprint density at radius 2 is 2.08 bits per heavy atom. The van der Waals surface area contributed by atoms with Crippen molar-refractivity contribution < 1.29 is 18.0 Å². The Balaban J connectivity index is 1.96. The van der Waals surface area contributed by atoms with E-state index < -0.39 is 17.6 Å². The van der Waals surface area contributed by atoms with E-state index in [1.807, 2.05) is 0 Å². The van der Waals surface area contributed by atoms with E-state index in [4.69, 9.17) is 11.6 Å². The Labute approximate surface area is 153 Å². The Morgan fingerprint density at radius 3 is 2.72 bits per heavy atom. The lowest BCUT2D eigenvalue weighted by molar-refractivity contribution is -0.137. The minimum Gasteiger partial charge on any atom is -0.304 e. The van der Waals surface area contributed by atoms with E-state index in [0.717, 1.165) is 4.47 Å². The molecule has 0 unspecified atom stereocenters.